The minimum atomic E-state index is 0. The Morgan fingerprint density at radius 1 is 1.15 bits per heavy atom. The van der Waals surface area contributed by atoms with Crippen molar-refractivity contribution in [3.05, 3.63) is 35.9 Å². The molecule has 13 heavy (non-hydrogen) atoms. The molecule has 0 saturated heterocycles. The van der Waals surface area contributed by atoms with Crippen LogP contribution >= 0.6 is 0 Å². The number of rotatable bonds is 0. The zero-order valence-electron chi connectivity index (χ0n) is 7.44. The second kappa shape index (κ2) is 7.39. The summed E-state index contributed by atoms with van der Waals surface area (Å²) in [6.45, 7) is 0.705. The molecular weight excluding hydrogens is 227 g/mol. The molecule has 1 aliphatic rings. The van der Waals surface area contributed by atoms with Gasteiger partial charge < -0.3 is 4.74 Å². The minimum absolute atomic E-state index is 0. The van der Waals surface area contributed by atoms with Crippen LogP contribution in [0.15, 0.2) is 30.3 Å². The summed E-state index contributed by atoms with van der Waals surface area (Å²) in [7, 11) is 0. The maximum atomic E-state index is 5.34. The fraction of sp³-hybridized carbons (Fsp3) is 0.111. The van der Waals surface area contributed by atoms with Crippen LogP contribution in [0.3, 0.4) is 0 Å². The van der Waals surface area contributed by atoms with Crippen LogP contribution in [0.2, 0.25) is 0 Å². The zero-order chi connectivity index (χ0) is 6.81. The third-order valence-corrected chi connectivity index (χ3v) is 1.55. The summed E-state index contributed by atoms with van der Waals surface area (Å²) in [5.74, 6) is 0.991. The number of fused-ring (bicyclic) bond motifs is 1. The predicted molar refractivity (Wildman–Crippen MR) is 52.5 cm³/mol. The molecule has 0 aliphatic carbocycles. The van der Waals surface area contributed by atoms with E-state index in [4.69, 9.17) is 4.74 Å². The van der Waals surface area contributed by atoms with Crippen molar-refractivity contribution >= 4 is 31.9 Å². The van der Waals surface area contributed by atoms with Gasteiger partial charge in [-0.1, -0.05) is 24.3 Å². The van der Waals surface area contributed by atoms with Crippen LogP contribution in [0.5, 0.6) is 5.75 Å². The van der Waals surface area contributed by atoms with Gasteiger partial charge in [-0.05, 0) is 12.1 Å². The number of hydrogen-bond donors (Lipinski definition) is 0. The van der Waals surface area contributed by atoms with Gasteiger partial charge in [0, 0.05) is 50.8 Å². The van der Waals surface area contributed by atoms with E-state index in [1.165, 1.54) is 5.56 Å². The summed E-state index contributed by atoms with van der Waals surface area (Å²) >= 11 is 0. The van der Waals surface area contributed by atoms with Gasteiger partial charge in [-0.3, -0.25) is 0 Å². The Hall–Kier alpha value is -0.0192. The van der Waals surface area contributed by atoms with E-state index < -0.39 is 0 Å². The molecule has 0 N–H and O–H groups in total. The third-order valence-electron chi connectivity index (χ3n) is 1.55. The second-order valence-electron chi connectivity index (χ2n) is 2.25. The van der Waals surface area contributed by atoms with Crippen molar-refractivity contribution in [1.29, 1.82) is 0 Å². The van der Waals surface area contributed by atoms with Crippen LogP contribution in [0.4, 0.5) is 0 Å². The maximum absolute atomic E-state index is 5.34. The first kappa shape index (κ1) is 15.5. The number of para-hydroxylation sites is 1. The van der Waals surface area contributed by atoms with E-state index in [0.29, 0.717) is 6.61 Å². The second-order valence-corrected chi connectivity index (χ2v) is 2.25. The van der Waals surface area contributed by atoms with E-state index in [1.54, 1.807) is 0 Å². The molecule has 4 heteroatoms. The molecule has 6 radical (unpaired) electrons. The fourth-order valence-corrected chi connectivity index (χ4v) is 1.06. The summed E-state index contributed by atoms with van der Waals surface area (Å²) in [4.78, 5) is 0. The van der Waals surface area contributed by atoms with Gasteiger partial charge in [-0.2, -0.15) is 0 Å². The van der Waals surface area contributed by atoms with Gasteiger partial charge in [0.05, 0.1) is 0 Å². The Bertz CT molecular complexity index is 278. The predicted octanol–water partition coefficient (Wildman–Crippen LogP) is 1.33. The quantitative estimate of drug-likeness (QED) is 0.616. The molecule has 1 aliphatic heterocycles. The standard InChI is InChI=1S/C9H8O.Al.B.Zn/c1-2-6-9-8(4-1)5-3-7-10-9;;;/h1-6H,7H2;;;. The van der Waals surface area contributed by atoms with E-state index >= 15 is 0 Å². The smallest absolute Gasteiger partial charge is 0.126 e. The average Bonchev–Trinajstić information content (AvgIpc) is 2.05. The molecule has 1 heterocycles. The molecule has 0 spiro atoms. The van der Waals surface area contributed by atoms with Gasteiger partial charge >= 0.3 is 0 Å². The Morgan fingerprint density at radius 2 is 1.85 bits per heavy atom. The van der Waals surface area contributed by atoms with Gasteiger partial charge in [0.15, 0.2) is 0 Å². The Morgan fingerprint density at radius 3 is 2.54 bits per heavy atom. The molecule has 0 unspecified atom stereocenters. The number of benzene rings is 1. The maximum Gasteiger partial charge on any atom is 0.126 e. The first-order valence-corrected chi connectivity index (χ1v) is 3.35. The topological polar surface area (TPSA) is 9.23 Å². The first-order valence-electron chi connectivity index (χ1n) is 3.35. The molecular formula is C9H8AlBOZn. The fourth-order valence-electron chi connectivity index (χ4n) is 1.06. The molecule has 0 amide bonds. The molecule has 1 aromatic carbocycles. The van der Waals surface area contributed by atoms with Gasteiger partial charge in [-0.25, -0.2) is 0 Å². The Balaban J connectivity index is 0. The molecule has 0 atom stereocenters. The molecule has 0 saturated carbocycles. The summed E-state index contributed by atoms with van der Waals surface area (Å²) < 4.78 is 5.34. The van der Waals surface area contributed by atoms with Crippen molar-refractivity contribution in [2.45, 2.75) is 0 Å². The average molecular weight is 235 g/mol. The summed E-state index contributed by atoms with van der Waals surface area (Å²) in [5, 5.41) is 0. The largest absolute Gasteiger partial charge is 0.489 e. The number of hydrogen-bond acceptors (Lipinski definition) is 1. The normalized spacial score (nSPS) is 10.8. The zero-order valence-corrected chi connectivity index (χ0v) is 11.6. The van der Waals surface area contributed by atoms with Crippen LogP contribution in [0.25, 0.3) is 6.08 Å². The van der Waals surface area contributed by atoms with Gasteiger partial charge in [0.1, 0.15) is 12.4 Å². The Kier molecular flexibility index (Phi) is 8.79. The molecule has 1 nitrogen and oxygen atoms in total. The van der Waals surface area contributed by atoms with Crippen molar-refractivity contribution in [1.82, 2.24) is 0 Å². The number of ether oxygens (including phenoxy) is 1. The van der Waals surface area contributed by atoms with Crippen LogP contribution in [0.1, 0.15) is 5.56 Å². The summed E-state index contributed by atoms with van der Waals surface area (Å²) in [5.41, 5.74) is 1.17. The van der Waals surface area contributed by atoms with E-state index in [2.05, 4.69) is 6.08 Å². The molecule has 0 bridgehead atoms. The molecule has 58 valence electrons. The monoisotopic (exact) mass is 234 g/mol. The molecule has 2 rings (SSSR count). The summed E-state index contributed by atoms with van der Waals surface area (Å²) in [6, 6.07) is 8.03. The van der Waals surface area contributed by atoms with Crippen molar-refractivity contribution in [3.8, 4) is 5.75 Å². The minimum Gasteiger partial charge on any atom is -0.489 e. The van der Waals surface area contributed by atoms with Crippen LogP contribution < -0.4 is 4.74 Å². The van der Waals surface area contributed by atoms with Crippen molar-refractivity contribution < 1.29 is 24.2 Å². The Labute approximate surface area is 104 Å². The van der Waals surface area contributed by atoms with Crippen LogP contribution in [-0.4, -0.2) is 32.4 Å². The van der Waals surface area contributed by atoms with Crippen molar-refractivity contribution in [2.75, 3.05) is 6.61 Å². The summed E-state index contributed by atoms with van der Waals surface area (Å²) in [6.07, 6.45) is 4.10. The van der Waals surface area contributed by atoms with Gasteiger partial charge in [0.2, 0.25) is 0 Å². The van der Waals surface area contributed by atoms with E-state index in [9.17, 15) is 0 Å². The first-order chi connectivity index (χ1) is 4.97. The van der Waals surface area contributed by atoms with E-state index in [0.717, 1.165) is 5.75 Å². The van der Waals surface area contributed by atoms with Gasteiger partial charge in [-0.15, -0.1) is 0 Å². The molecule has 0 fully saturated rings. The van der Waals surface area contributed by atoms with Gasteiger partial charge in [0.25, 0.3) is 0 Å². The SMILES string of the molecule is C1=Cc2ccccc2OC1.[Al].[B].[Zn]. The van der Waals surface area contributed by atoms with Crippen LogP contribution in [0, 0.1) is 0 Å². The molecule has 1 aromatic rings. The van der Waals surface area contributed by atoms with E-state index in [-0.39, 0.29) is 45.3 Å². The van der Waals surface area contributed by atoms with Crippen molar-refractivity contribution in [3.63, 3.8) is 0 Å². The van der Waals surface area contributed by atoms with Crippen LogP contribution in [-0.2, 0) is 19.5 Å². The van der Waals surface area contributed by atoms with E-state index in [1.807, 2.05) is 30.3 Å². The third kappa shape index (κ3) is 3.69. The van der Waals surface area contributed by atoms with Crippen molar-refractivity contribution in [2.24, 2.45) is 0 Å². The molecule has 0 aromatic heterocycles.